The lowest BCUT2D eigenvalue weighted by molar-refractivity contribution is -0.145. The van der Waals surface area contributed by atoms with E-state index in [-0.39, 0.29) is 5.56 Å². The van der Waals surface area contributed by atoms with E-state index in [1.165, 1.54) is 12.1 Å². The smallest absolute Gasteiger partial charge is 0.322 e. The van der Waals surface area contributed by atoms with Crippen molar-refractivity contribution in [1.29, 1.82) is 0 Å². The summed E-state index contributed by atoms with van der Waals surface area (Å²) in [5.74, 6) is -4.14. The van der Waals surface area contributed by atoms with Crippen molar-refractivity contribution in [3.05, 3.63) is 35.6 Å². The van der Waals surface area contributed by atoms with Crippen LogP contribution in [0, 0.1) is 5.82 Å². The van der Waals surface area contributed by atoms with E-state index in [0.717, 1.165) is 12.1 Å². The number of carbonyl (C=O) groups is 2. The van der Waals surface area contributed by atoms with Gasteiger partial charge in [0.2, 0.25) is 10.0 Å². The Bertz CT molecular complexity index is 598. The van der Waals surface area contributed by atoms with Gasteiger partial charge in [0.05, 0.1) is 12.2 Å². The first kappa shape index (κ1) is 16.1. The number of hydrogen-bond acceptors (Lipinski definition) is 4. The summed E-state index contributed by atoms with van der Waals surface area (Å²) >= 11 is 0. The molecule has 1 atom stereocenters. The van der Waals surface area contributed by atoms with Crippen LogP contribution in [0.25, 0.3) is 0 Å². The van der Waals surface area contributed by atoms with Crippen molar-refractivity contribution in [3.8, 4) is 0 Å². The molecule has 0 bridgehead atoms. The number of aliphatic carboxylic acids is 2. The maximum Gasteiger partial charge on any atom is 0.322 e. The normalized spacial score (nSPS) is 12.8. The maximum atomic E-state index is 12.7. The maximum absolute atomic E-state index is 12.7. The molecule has 0 aromatic heterocycles. The van der Waals surface area contributed by atoms with Gasteiger partial charge in [0.25, 0.3) is 0 Å². The van der Waals surface area contributed by atoms with E-state index in [1.54, 1.807) is 4.72 Å². The lowest BCUT2D eigenvalue weighted by Gasteiger charge is -2.12. The van der Waals surface area contributed by atoms with Crippen molar-refractivity contribution in [3.63, 3.8) is 0 Å². The first-order valence-electron chi connectivity index (χ1n) is 5.38. The second-order valence-corrected chi connectivity index (χ2v) is 5.75. The molecule has 0 aliphatic carbocycles. The SMILES string of the molecule is O=C(O)C[C@H](NS(=O)(=O)Cc1ccc(F)cc1)C(=O)O. The van der Waals surface area contributed by atoms with Crippen LogP contribution in [-0.2, 0) is 25.4 Å². The van der Waals surface area contributed by atoms with Crippen LogP contribution in [0.3, 0.4) is 0 Å². The largest absolute Gasteiger partial charge is 0.481 e. The Morgan fingerprint density at radius 1 is 1.20 bits per heavy atom. The fourth-order valence-electron chi connectivity index (χ4n) is 1.41. The van der Waals surface area contributed by atoms with E-state index in [4.69, 9.17) is 10.2 Å². The van der Waals surface area contributed by atoms with Gasteiger partial charge in [0, 0.05) is 0 Å². The topological polar surface area (TPSA) is 121 Å². The highest BCUT2D eigenvalue weighted by molar-refractivity contribution is 7.88. The highest BCUT2D eigenvalue weighted by atomic mass is 32.2. The Labute approximate surface area is 114 Å². The molecule has 0 fully saturated rings. The summed E-state index contributed by atoms with van der Waals surface area (Å²) < 4.78 is 37.9. The predicted octanol–water partition coefficient (Wildman–Crippen LogP) is 0.173. The van der Waals surface area contributed by atoms with Gasteiger partial charge >= 0.3 is 11.9 Å². The number of sulfonamides is 1. The zero-order valence-corrected chi connectivity index (χ0v) is 10.9. The number of halogens is 1. The molecule has 0 unspecified atom stereocenters. The molecule has 0 amide bonds. The minimum absolute atomic E-state index is 0.248. The second-order valence-electron chi connectivity index (χ2n) is 3.99. The summed E-state index contributed by atoms with van der Waals surface area (Å²) in [5, 5.41) is 17.3. The minimum atomic E-state index is -4.05. The van der Waals surface area contributed by atoms with Gasteiger partial charge in [0.15, 0.2) is 0 Å². The summed E-state index contributed by atoms with van der Waals surface area (Å²) in [5.41, 5.74) is 0.248. The number of carboxylic acids is 2. The van der Waals surface area contributed by atoms with Gasteiger partial charge in [-0.25, -0.2) is 17.5 Å². The molecule has 20 heavy (non-hydrogen) atoms. The fraction of sp³-hybridized carbons (Fsp3) is 0.273. The molecule has 1 rings (SSSR count). The summed E-state index contributed by atoms with van der Waals surface area (Å²) in [6, 6.07) is 2.86. The summed E-state index contributed by atoms with van der Waals surface area (Å²) in [6.45, 7) is 0. The van der Waals surface area contributed by atoms with Gasteiger partial charge in [-0.2, -0.15) is 0 Å². The van der Waals surface area contributed by atoms with E-state index >= 15 is 0 Å². The van der Waals surface area contributed by atoms with E-state index < -0.39 is 46.0 Å². The predicted molar refractivity (Wildman–Crippen MR) is 65.8 cm³/mol. The highest BCUT2D eigenvalue weighted by Gasteiger charge is 2.26. The molecule has 110 valence electrons. The van der Waals surface area contributed by atoms with Gasteiger partial charge < -0.3 is 10.2 Å². The Morgan fingerprint density at radius 3 is 2.20 bits per heavy atom. The van der Waals surface area contributed by atoms with Crippen LogP contribution in [0.2, 0.25) is 0 Å². The molecule has 3 N–H and O–H groups in total. The standard InChI is InChI=1S/C11H12FNO6S/c12-8-3-1-7(2-4-8)6-20(18,19)13-9(11(16)17)5-10(14)15/h1-4,9,13H,5-6H2,(H,14,15)(H,16,17)/t9-/m0/s1. The van der Waals surface area contributed by atoms with E-state index in [2.05, 4.69) is 0 Å². The number of rotatable bonds is 7. The third-order valence-electron chi connectivity index (χ3n) is 2.27. The second kappa shape index (κ2) is 6.44. The molecule has 0 aliphatic heterocycles. The van der Waals surface area contributed by atoms with Gasteiger partial charge in [-0.3, -0.25) is 9.59 Å². The first-order chi connectivity index (χ1) is 9.19. The molecule has 7 nitrogen and oxygen atoms in total. The van der Waals surface area contributed by atoms with Crippen LogP contribution in [0.1, 0.15) is 12.0 Å². The Morgan fingerprint density at radius 2 is 1.75 bits per heavy atom. The lowest BCUT2D eigenvalue weighted by Crippen LogP contribution is -2.42. The van der Waals surface area contributed by atoms with Crippen LogP contribution in [0.15, 0.2) is 24.3 Å². The summed E-state index contributed by atoms with van der Waals surface area (Å²) in [7, 11) is -4.05. The molecular formula is C11H12FNO6S. The van der Waals surface area contributed by atoms with Crippen LogP contribution >= 0.6 is 0 Å². The van der Waals surface area contributed by atoms with Gasteiger partial charge in [-0.05, 0) is 17.7 Å². The molecule has 1 aromatic rings. The molecular weight excluding hydrogens is 293 g/mol. The zero-order chi connectivity index (χ0) is 15.3. The fourth-order valence-corrected chi connectivity index (χ4v) is 2.74. The van der Waals surface area contributed by atoms with Crippen molar-refractivity contribution in [2.75, 3.05) is 0 Å². The van der Waals surface area contributed by atoms with E-state index in [1.807, 2.05) is 0 Å². The monoisotopic (exact) mass is 305 g/mol. The molecule has 0 saturated carbocycles. The molecule has 0 aliphatic rings. The average molecular weight is 305 g/mol. The average Bonchev–Trinajstić information content (AvgIpc) is 2.30. The quantitative estimate of drug-likeness (QED) is 0.660. The number of nitrogens with one attached hydrogen (secondary N) is 1. The molecule has 0 saturated heterocycles. The Hall–Kier alpha value is -2.00. The molecule has 1 aromatic carbocycles. The number of hydrogen-bond donors (Lipinski definition) is 3. The molecule has 9 heteroatoms. The van der Waals surface area contributed by atoms with Crippen LogP contribution in [-0.4, -0.2) is 36.6 Å². The van der Waals surface area contributed by atoms with Gasteiger partial charge in [-0.15, -0.1) is 0 Å². The summed E-state index contributed by atoms with van der Waals surface area (Å²) in [6.07, 6.45) is -0.877. The molecule has 0 spiro atoms. The van der Waals surface area contributed by atoms with E-state index in [9.17, 15) is 22.4 Å². The van der Waals surface area contributed by atoms with Crippen molar-refractivity contribution in [2.24, 2.45) is 0 Å². The summed E-state index contributed by atoms with van der Waals surface area (Å²) in [4.78, 5) is 21.2. The van der Waals surface area contributed by atoms with Crippen molar-refractivity contribution < 1.29 is 32.6 Å². The third-order valence-corrected chi connectivity index (χ3v) is 3.63. The zero-order valence-electron chi connectivity index (χ0n) is 10.1. The highest BCUT2D eigenvalue weighted by Crippen LogP contribution is 2.08. The van der Waals surface area contributed by atoms with Crippen LogP contribution in [0.5, 0.6) is 0 Å². The first-order valence-corrected chi connectivity index (χ1v) is 7.04. The van der Waals surface area contributed by atoms with Gasteiger partial charge in [-0.1, -0.05) is 12.1 Å². The van der Waals surface area contributed by atoms with E-state index in [0.29, 0.717) is 0 Å². The minimum Gasteiger partial charge on any atom is -0.481 e. The van der Waals surface area contributed by atoms with Crippen molar-refractivity contribution >= 4 is 22.0 Å². The Kier molecular flexibility index (Phi) is 5.17. The number of benzene rings is 1. The molecule has 0 radical (unpaired) electrons. The van der Waals surface area contributed by atoms with Crippen molar-refractivity contribution in [2.45, 2.75) is 18.2 Å². The number of carboxylic acid groups (broad SMARTS) is 2. The molecule has 0 heterocycles. The van der Waals surface area contributed by atoms with Crippen LogP contribution in [0.4, 0.5) is 4.39 Å². The van der Waals surface area contributed by atoms with Gasteiger partial charge in [0.1, 0.15) is 11.9 Å². The Balaban J connectivity index is 2.79. The van der Waals surface area contributed by atoms with Crippen LogP contribution < -0.4 is 4.72 Å². The third kappa shape index (κ3) is 5.33. The van der Waals surface area contributed by atoms with Crippen molar-refractivity contribution in [1.82, 2.24) is 4.72 Å². The lowest BCUT2D eigenvalue weighted by atomic mass is 10.2.